The van der Waals surface area contributed by atoms with E-state index in [9.17, 15) is 18.3 Å². The van der Waals surface area contributed by atoms with Gasteiger partial charge in [-0.1, -0.05) is 32.4 Å². The molecule has 0 aromatic carbocycles. The predicted octanol–water partition coefficient (Wildman–Crippen LogP) is 1.10. The minimum atomic E-state index is -3.81. The van der Waals surface area contributed by atoms with Crippen LogP contribution in [-0.2, 0) is 10.0 Å². The number of halogens is 1. The summed E-state index contributed by atoms with van der Waals surface area (Å²) in [6.45, 7) is 5.75. The summed E-state index contributed by atoms with van der Waals surface area (Å²) in [6, 6.07) is 1.07. The molecule has 0 aliphatic rings. The number of H-pyrrole nitrogens is 1. The van der Waals surface area contributed by atoms with Crippen molar-refractivity contribution in [1.29, 1.82) is 0 Å². The quantitative estimate of drug-likeness (QED) is 0.756. The van der Waals surface area contributed by atoms with Gasteiger partial charge >= 0.3 is 0 Å². The van der Waals surface area contributed by atoms with Crippen LogP contribution in [0.5, 0.6) is 0 Å². The van der Waals surface area contributed by atoms with E-state index in [1.54, 1.807) is 0 Å². The van der Waals surface area contributed by atoms with Crippen molar-refractivity contribution in [3.63, 3.8) is 0 Å². The van der Waals surface area contributed by atoms with E-state index >= 15 is 0 Å². The van der Waals surface area contributed by atoms with Gasteiger partial charge < -0.3 is 10.1 Å². The van der Waals surface area contributed by atoms with Crippen molar-refractivity contribution in [2.45, 2.75) is 38.2 Å². The highest BCUT2D eigenvalue weighted by Crippen LogP contribution is 2.20. The molecule has 0 bridgehead atoms. The lowest BCUT2D eigenvalue weighted by molar-refractivity contribution is 0.125. The zero-order chi connectivity index (χ0) is 15.6. The third kappa shape index (κ3) is 5.24. The Morgan fingerprint density at radius 1 is 1.45 bits per heavy atom. The number of aliphatic hydroxyl groups is 1. The van der Waals surface area contributed by atoms with Gasteiger partial charge in [-0.15, -0.1) is 0 Å². The molecular weight excluding hydrogens is 304 g/mol. The summed E-state index contributed by atoms with van der Waals surface area (Å²) in [6.07, 6.45) is 0.734. The third-order valence-corrected chi connectivity index (χ3v) is 4.18. The van der Waals surface area contributed by atoms with Crippen LogP contribution < -0.4 is 10.3 Å². The number of hydrogen-bond donors (Lipinski definition) is 3. The molecule has 8 heteroatoms. The highest BCUT2D eigenvalue weighted by molar-refractivity contribution is 7.89. The summed E-state index contributed by atoms with van der Waals surface area (Å²) >= 11 is 5.58. The molecule has 1 aromatic rings. The molecule has 0 aliphatic carbocycles. The molecule has 0 saturated carbocycles. The van der Waals surface area contributed by atoms with Crippen molar-refractivity contribution in [3.8, 4) is 0 Å². The van der Waals surface area contributed by atoms with E-state index in [-0.39, 0.29) is 21.9 Å². The number of rotatable bonds is 5. The van der Waals surface area contributed by atoms with E-state index < -0.39 is 21.7 Å². The molecule has 1 unspecified atom stereocenters. The van der Waals surface area contributed by atoms with Gasteiger partial charge in [0.25, 0.3) is 5.56 Å². The van der Waals surface area contributed by atoms with E-state index in [0.29, 0.717) is 6.42 Å². The molecule has 114 valence electrons. The second kappa shape index (κ2) is 6.26. The average Bonchev–Trinajstić information content (AvgIpc) is 2.28. The van der Waals surface area contributed by atoms with Crippen LogP contribution in [0.3, 0.4) is 0 Å². The van der Waals surface area contributed by atoms with Crippen LogP contribution in [0.2, 0.25) is 5.02 Å². The molecule has 1 aromatic heterocycles. The van der Waals surface area contributed by atoms with Gasteiger partial charge in [-0.05, 0) is 17.9 Å². The fourth-order valence-corrected chi connectivity index (χ4v) is 2.96. The topological polar surface area (TPSA) is 99.3 Å². The van der Waals surface area contributed by atoms with Crippen molar-refractivity contribution >= 4 is 21.6 Å². The predicted molar refractivity (Wildman–Crippen MR) is 77.3 cm³/mol. The fraction of sp³-hybridized carbons (Fsp3) is 0.583. The highest BCUT2D eigenvalue weighted by atomic mass is 35.5. The number of nitrogens with one attached hydrogen (secondary N) is 2. The van der Waals surface area contributed by atoms with Gasteiger partial charge in [-0.25, -0.2) is 13.1 Å². The molecule has 1 atom stereocenters. The first-order valence-corrected chi connectivity index (χ1v) is 7.93. The summed E-state index contributed by atoms with van der Waals surface area (Å²) in [4.78, 5) is 13.2. The fourth-order valence-electron chi connectivity index (χ4n) is 1.66. The van der Waals surface area contributed by atoms with Crippen molar-refractivity contribution in [2.24, 2.45) is 5.41 Å². The smallest absolute Gasteiger partial charge is 0.266 e. The Hall–Kier alpha value is -0.890. The molecule has 1 heterocycles. The van der Waals surface area contributed by atoms with E-state index in [0.717, 1.165) is 12.3 Å². The summed E-state index contributed by atoms with van der Waals surface area (Å²) in [5, 5.41) is 9.58. The number of hydrogen-bond acceptors (Lipinski definition) is 4. The van der Waals surface area contributed by atoms with Crippen LogP contribution in [0.1, 0.15) is 27.2 Å². The van der Waals surface area contributed by atoms with Crippen molar-refractivity contribution in [2.75, 3.05) is 6.54 Å². The molecule has 0 radical (unpaired) electrons. The van der Waals surface area contributed by atoms with Gasteiger partial charge in [0, 0.05) is 12.7 Å². The SMILES string of the molecule is CC(C)(C)CC(O)CNS(=O)(=O)c1c[nH]c(=O)c(Cl)c1. The van der Waals surface area contributed by atoms with Gasteiger partial charge in [0.05, 0.1) is 11.0 Å². The monoisotopic (exact) mass is 322 g/mol. The van der Waals surface area contributed by atoms with Crippen LogP contribution in [0.25, 0.3) is 0 Å². The van der Waals surface area contributed by atoms with E-state index in [4.69, 9.17) is 11.6 Å². The number of aromatic nitrogens is 1. The average molecular weight is 323 g/mol. The summed E-state index contributed by atoms with van der Waals surface area (Å²) in [5.41, 5.74) is -0.662. The Morgan fingerprint density at radius 3 is 2.55 bits per heavy atom. The van der Waals surface area contributed by atoms with E-state index in [2.05, 4.69) is 9.71 Å². The Bertz CT molecular complexity index is 619. The van der Waals surface area contributed by atoms with Crippen molar-refractivity contribution in [3.05, 3.63) is 27.6 Å². The Kier molecular flexibility index (Phi) is 5.37. The van der Waals surface area contributed by atoms with E-state index in [1.807, 2.05) is 20.8 Å². The maximum absolute atomic E-state index is 12.0. The second-order valence-electron chi connectivity index (χ2n) is 5.78. The van der Waals surface area contributed by atoms with Gasteiger partial charge in [0.1, 0.15) is 5.02 Å². The Labute approximate surface area is 123 Å². The summed E-state index contributed by atoms with van der Waals surface area (Å²) < 4.78 is 26.2. The third-order valence-electron chi connectivity index (χ3n) is 2.50. The zero-order valence-corrected chi connectivity index (χ0v) is 13.2. The normalized spacial score (nSPS) is 14.2. The van der Waals surface area contributed by atoms with Crippen LogP contribution >= 0.6 is 11.6 Å². The van der Waals surface area contributed by atoms with E-state index in [1.165, 1.54) is 0 Å². The molecule has 0 saturated heterocycles. The number of sulfonamides is 1. The second-order valence-corrected chi connectivity index (χ2v) is 7.96. The molecule has 0 spiro atoms. The van der Waals surface area contributed by atoms with Crippen LogP contribution in [0.4, 0.5) is 0 Å². The molecule has 20 heavy (non-hydrogen) atoms. The lowest BCUT2D eigenvalue weighted by Crippen LogP contribution is -2.34. The minimum Gasteiger partial charge on any atom is -0.392 e. The number of pyridine rings is 1. The molecule has 3 N–H and O–H groups in total. The van der Waals surface area contributed by atoms with Crippen molar-refractivity contribution < 1.29 is 13.5 Å². The van der Waals surface area contributed by atoms with Gasteiger partial charge in [-0.2, -0.15) is 0 Å². The number of aromatic amines is 1. The van der Waals surface area contributed by atoms with Crippen molar-refractivity contribution in [1.82, 2.24) is 9.71 Å². The summed E-state index contributed by atoms with van der Waals surface area (Å²) in [7, 11) is -3.81. The largest absolute Gasteiger partial charge is 0.392 e. The first-order chi connectivity index (χ1) is 9.01. The molecule has 6 nitrogen and oxygen atoms in total. The Morgan fingerprint density at radius 2 is 2.05 bits per heavy atom. The zero-order valence-electron chi connectivity index (χ0n) is 11.6. The molecule has 1 rings (SSSR count). The van der Waals surface area contributed by atoms with Gasteiger partial charge in [0.15, 0.2) is 0 Å². The molecule has 0 fully saturated rings. The lowest BCUT2D eigenvalue weighted by Gasteiger charge is -2.22. The van der Waals surface area contributed by atoms with Crippen LogP contribution in [-0.4, -0.2) is 31.2 Å². The highest BCUT2D eigenvalue weighted by Gasteiger charge is 2.20. The van der Waals surface area contributed by atoms with Gasteiger partial charge in [0.2, 0.25) is 10.0 Å². The minimum absolute atomic E-state index is 0.101. The first-order valence-electron chi connectivity index (χ1n) is 6.07. The Balaban J connectivity index is 2.75. The first kappa shape index (κ1) is 17.2. The molecule has 0 aliphatic heterocycles. The number of aliphatic hydroxyl groups excluding tert-OH is 1. The lowest BCUT2D eigenvalue weighted by atomic mass is 9.89. The molecule has 0 amide bonds. The van der Waals surface area contributed by atoms with Crippen LogP contribution in [0, 0.1) is 5.41 Å². The van der Waals surface area contributed by atoms with Gasteiger partial charge in [-0.3, -0.25) is 4.79 Å². The molecular formula is C12H19ClN2O4S. The summed E-state index contributed by atoms with van der Waals surface area (Å²) in [5.74, 6) is 0. The van der Waals surface area contributed by atoms with Crippen LogP contribution in [0.15, 0.2) is 22.0 Å². The maximum atomic E-state index is 12.0. The maximum Gasteiger partial charge on any atom is 0.266 e. The standard InChI is InChI=1S/C12H19ClN2O4S/c1-12(2,3)5-8(16)6-15-20(18,19)9-4-10(13)11(17)14-7-9/h4,7-8,15-16H,5-6H2,1-3H3,(H,14,17).